The van der Waals surface area contributed by atoms with Crippen molar-refractivity contribution in [3.05, 3.63) is 59.5 Å². The fourth-order valence-electron chi connectivity index (χ4n) is 2.55. The van der Waals surface area contributed by atoms with E-state index in [1.54, 1.807) is 29.6 Å². The second-order valence-corrected chi connectivity index (χ2v) is 8.94. The van der Waals surface area contributed by atoms with Crippen LogP contribution in [-0.4, -0.2) is 45.3 Å². The van der Waals surface area contributed by atoms with Gasteiger partial charge in [-0.1, -0.05) is 12.1 Å². The van der Waals surface area contributed by atoms with Crippen LogP contribution in [0.15, 0.2) is 58.8 Å². The van der Waals surface area contributed by atoms with Crippen LogP contribution in [0.3, 0.4) is 0 Å². The van der Waals surface area contributed by atoms with Crippen molar-refractivity contribution in [3.63, 3.8) is 0 Å². The van der Waals surface area contributed by atoms with Gasteiger partial charge in [0.05, 0.1) is 30.4 Å². The van der Waals surface area contributed by atoms with Gasteiger partial charge in [-0.25, -0.2) is 18.2 Å². The molecule has 0 radical (unpaired) electrons. The normalized spacial score (nSPS) is 11.0. The Labute approximate surface area is 177 Å². The van der Waals surface area contributed by atoms with Gasteiger partial charge in [-0.05, 0) is 36.4 Å². The number of methoxy groups -OCH3 is 2. The Morgan fingerprint density at radius 1 is 1.03 bits per heavy atom. The van der Waals surface area contributed by atoms with Crippen molar-refractivity contribution >= 4 is 38.2 Å². The molecular formula is C20H18N2O6S2. The van der Waals surface area contributed by atoms with Gasteiger partial charge in [-0.2, -0.15) is 0 Å². The van der Waals surface area contributed by atoms with Gasteiger partial charge in [0.15, 0.2) is 15.0 Å². The van der Waals surface area contributed by atoms with Gasteiger partial charge in [0, 0.05) is 10.9 Å². The van der Waals surface area contributed by atoms with E-state index in [9.17, 15) is 18.0 Å². The maximum absolute atomic E-state index is 12.4. The molecule has 3 aromatic rings. The van der Waals surface area contributed by atoms with E-state index in [0.29, 0.717) is 17.0 Å². The van der Waals surface area contributed by atoms with Gasteiger partial charge in [0.1, 0.15) is 11.5 Å². The summed E-state index contributed by atoms with van der Waals surface area (Å²) in [6, 6.07) is 12.5. The zero-order chi connectivity index (χ0) is 21.7. The predicted molar refractivity (Wildman–Crippen MR) is 113 cm³/mol. The first-order valence-corrected chi connectivity index (χ1v) is 11.2. The summed E-state index contributed by atoms with van der Waals surface area (Å²) in [5, 5.41) is 4.51. The van der Waals surface area contributed by atoms with E-state index in [1.165, 1.54) is 49.8 Å². The highest BCUT2D eigenvalue weighted by Crippen LogP contribution is 2.25. The van der Waals surface area contributed by atoms with E-state index >= 15 is 0 Å². The van der Waals surface area contributed by atoms with Crippen LogP contribution in [0, 0.1) is 0 Å². The summed E-state index contributed by atoms with van der Waals surface area (Å²) in [5.74, 6) is -1.31. The number of thiazole rings is 1. The maximum atomic E-state index is 12.4. The SMILES string of the molecule is COC(=O)c1ccc(-c2csc(NC(=O)CS(=O)(=O)c3ccc(OC)cc3)n2)cc1. The number of benzene rings is 2. The molecule has 156 valence electrons. The monoisotopic (exact) mass is 446 g/mol. The molecule has 1 aromatic heterocycles. The zero-order valence-electron chi connectivity index (χ0n) is 16.1. The molecule has 2 aromatic carbocycles. The van der Waals surface area contributed by atoms with Gasteiger partial charge < -0.3 is 14.8 Å². The number of hydrogen-bond acceptors (Lipinski definition) is 8. The number of rotatable bonds is 7. The number of anilines is 1. The quantitative estimate of drug-likeness (QED) is 0.555. The summed E-state index contributed by atoms with van der Waals surface area (Å²) < 4.78 is 34.5. The molecule has 30 heavy (non-hydrogen) atoms. The Bertz CT molecular complexity index is 1150. The van der Waals surface area contributed by atoms with E-state index in [-0.39, 0.29) is 10.0 Å². The summed E-state index contributed by atoms with van der Waals surface area (Å²) in [5.41, 5.74) is 1.74. The zero-order valence-corrected chi connectivity index (χ0v) is 17.7. The fraction of sp³-hybridized carbons (Fsp3) is 0.150. The highest BCUT2D eigenvalue weighted by atomic mass is 32.2. The average Bonchev–Trinajstić information content (AvgIpc) is 3.21. The summed E-state index contributed by atoms with van der Waals surface area (Å²) in [6.07, 6.45) is 0. The van der Waals surface area contributed by atoms with Gasteiger partial charge in [0.25, 0.3) is 0 Å². The highest BCUT2D eigenvalue weighted by Gasteiger charge is 2.20. The number of sulfone groups is 1. The lowest BCUT2D eigenvalue weighted by molar-refractivity contribution is -0.113. The molecular weight excluding hydrogens is 428 g/mol. The molecule has 0 bridgehead atoms. The number of amides is 1. The number of aromatic nitrogens is 1. The number of carbonyl (C=O) groups is 2. The van der Waals surface area contributed by atoms with E-state index in [4.69, 9.17) is 4.74 Å². The smallest absolute Gasteiger partial charge is 0.337 e. The number of nitrogens with zero attached hydrogens (tertiary/aromatic N) is 1. The third kappa shape index (κ3) is 5.02. The summed E-state index contributed by atoms with van der Waals surface area (Å²) in [4.78, 5) is 28.1. The molecule has 1 N–H and O–H groups in total. The molecule has 0 saturated heterocycles. The Balaban J connectivity index is 1.66. The first kappa shape index (κ1) is 21.5. The Hall–Kier alpha value is -3.24. The van der Waals surface area contributed by atoms with Gasteiger partial charge in [0.2, 0.25) is 5.91 Å². The van der Waals surface area contributed by atoms with Crippen molar-refractivity contribution < 1.29 is 27.5 Å². The van der Waals surface area contributed by atoms with Crippen molar-refractivity contribution in [2.75, 3.05) is 25.3 Å². The molecule has 0 atom stereocenters. The number of esters is 1. The van der Waals surface area contributed by atoms with Gasteiger partial charge >= 0.3 is 5.97 Å². The summed E-state index contributed by atoms with van der Waals surface area (Å²) >= 11 is 1.17. The van der Waals surface area contributed by atoms with Crippen LogP contribution in [0.1, 0.15) is 10.4 Å². The molecule has 0 unspecified atom stereocenters. The van der Waals surface area contributed by atoms with Crippen LogP contribution in [-0.2, 0) is 19.4 Å². The number of hydrogen-bond donors (Lipinski definition) is 1. The lowest BCUT2D eigenvalue weighted by Gasteiger charge is -2.05. The van der Waals surface area contributed by atoms with Crippen LogP contribution in [0.2, 0.25) is 0 Å². The second-order valence-electron chi connectivity index (χ2n) is 6.09. The van der Waals surface area contributed by atoms with Crippen molar-refractivity contribution in [2.24, 2.45) is 0 Å². The van der Waals surface area contributed by atoms with E-state index in [2.05, 4.69) is 15.0 Å². The number of carbonyl (C=O) groups excluding carboxylic acids is 2. The number of ether oxygens (including phenoxy) is 2. The fourth-order valence-corrected chi connectivity index (χ4v) is 4.42. The highest BCUT2D eigenvalue weighted by molar-refractivity contribution is 7.92. The first-order valence-electron chi connectivity index (χ1n) is 8.63. The van der Waals surface area contributed by atoms with Crippen LogP contribution in [0.5, 0.6) is 5.75 Å². The first-order chi connectivity index (χ1) is 14.3. The van der Waals surface area contributed by atoms with Crippen LogP contribution in [0.25, 0.3) is 11.3 Å². The van der Waals surface area contributed by atoms with Gasteiger partial charge in [-0.3, -0.25) is 4.79 Å². The van der Waals surface area contributed by atoms with Crippen molar-refractivity contribution in [1.29, 1.82) is 0 Å². The Morgan fingerprint density at radius 2 is 1.70 bits per heavy atom. The Morgan fingerprint density at radius 3 is 2.30 bits per heavy atom. The minimum atomic E-state index is -3.80. The molecule has 0 aliphatic heterocycles. The second kappa shape index (κ2) is 9.06. The minimum absolute atomic E-state index is 0.0315. The molecule has 0 aliphatic carbocycles. The molecule has 1 amide bonds. The van der Waals surface area contributed by atoms with Gasteiger partial charge in [-0.15, -0.1) is 11.3 Å². The van der Waals surface area contributed by atoms with E-state index in [0.717, 1.165) is 5.56 Å². The molecule has 0 fully saturated rings. The predicted octanol–water partition coefficient (Wildman–Crippen LogP) is 3.02. The molecule has 0 saturated carbocycles. The van der Waals surface area contributed by atoms with E-state index in [1.807, 2.05) is 0 Å². The van der Waals surface area contributed by atoms with Crippen LogP contribution in [0.4, 0.5) is 5.13 Å². The van der Waals surface area contributed by atoms with Crippen LogP contribution < -0.4 is 10.1 Å². The largest absolute Gasteiger partial charge is 0.497 e. The third-order valence-corrected chi connectivity index (χ3v) is 6.48. The lowest BCUT2D eigenvalue weighted by Crippen LogP contribution is -2.22. The average molecular weight is 447 g/mol. The van der Waals surface area contributed by atoms with Crippen molar-refractivity contribution in [3.8, 4) is 17.0 Å². The van der Waals surface area contributed by atoms with E-state index < -0.39 is 27.5 Å². The summed E-state index contributed by atoms with van der Waals surface area (Å²) in [6.45, 7) is 0. The molecule has 10 heteroatoms. The third-order valence-electron chi connectivity index (χ3n) is 4.09. The maximum Gasteiger partial charge on any atom is 0.337 e. The minimum Gasteiger partial charge on any atom is -0.497 e. The van der Waals surface area contributed by atoms with Crippen LogP contribution >= 0.6 is 11.3 Å². The molecule has 0 aliphatic rings. The molecule has 3 rings (SSSR count). The lowest BCUT2D eigenvalue weighted by atomic mass is 10.1. The summed E-state index contributed by atoms with van der Waals surface area (Å²) in [7, 11) is -1.02. The Kier molecular flexibility index (Phi) is 6.48. The molecule has 0 spiro atoms. The molecule has 1 heterocycles. The standard InChI is InChI=1S/C20H18N2O6S2/c1-27-15-7-9-16(10-8-15)30(25,26)12-18(23)22-20-21-17(11-29-20)13-3-5-14(6-4-13)19(24)28-2/h3-11H,12H2,1-2H3,(H,21,22,23). The number of nitrogens with one attached hydrogen (secondary N) is 1. The van der Waals surface area contributed by atoms with Crippen molar-refractivity contribution in [1.82, 2.24) is 4.98 Å². The molecule has 8 nitrogen and oxygen atoms in total. The topological polar surface area (TPSA) is 112 Å². The van der Waals surface area contributed by atoms with Crippen molar-refractivity contribution in [2.45, 2.75) is 4.90 Å².